The molecule has 156 valence electrons. The molecule has 0 bridgehead atoms. The highest BCUT2D eigenvalue weighted by Gasteiger charge is 2.22. The van der Waals surface area contributed by atoms with Crippen molar-refractivity contribution in [1.82, 2.24) is 10.2 Å². The number of nitrogens with one attached hydrogen (secondary N) is 2. The van der Waals surface area contributed by atoms with E-state index in [4.69, 9.17) is 4.74 Å². The van der Waals surface area contributed by atoms with E-state index in [1.54, 1.807) is 48.2 Å². The van der Waals surface area contributed by atoms with Gasteiger partial charge in [0.15, 0.2) is 0 Å². The van der Waals surface area contributed by atoms with E-state index in [-0.39, 0.29) is 24.2 Å². The maximum absolute atomic E-state index is 12.9. The number of anilines is 1. The van der Waals surface area contributed by atoms with E-state index in [9.17, 15) is 14.0 Å². The van der Waals surface area contributed by atoms with Crippen LogP contribution >= 0.6 is 0 Å². The molecule has 2 aromatic rings. The lowest BCUT2D eigenvalue weighted by Gasteiger charge is -2.26. The van der Waals surface area contributed by atoms with Gasteiger partial charge in [0, 0.05) is 12.2 Å². The van der Waals surface area contributed by atoms with Gasteiger partial charge in [0.05, 0.1) is 19.2 Å². The van der Waals surface area contributed by atoms with Crippen LogP contribution in [0.5, 0.6) is 5.75 Å². The minimum absolute atomic E-state index is 0.0928. The largest absolute Gasteiger partial charge is 0.494 e. The highest BCUT2D eigenvalue weighted by molar-refractivity contribution is 5.95. The van der Waals surface area contributed by atoms with Gasteiger partial charge in [0.25, 0.3) is 0 Å². The molecule has 1 atom stereocenters. The van der Waals surface area contributed by atoms with Crippen LogP contribution in [-0.4, -0.2) is 42.5 Å². The Bertz CT molecular complexity index is 794. The van der Waals surface area contributed by atoms with Crippen molar-refractivity contribution >= 4 is 17.5 Å². The van der Waals surface area contributed by atoms with Crippen LogP contribution in [0.2, 0.25) is 0 Å². The van der Waals surface area contributed by atoms with Gasteiger partial charge in [-0.15, -0.1) is 0 Å². The lowest BCUT2D eigenvalue weighted by Crippen LogP contribution is -2.46. The molecule has 0 aliphatic rings. The van der Waals surface area contributed by atoms with E-state index >= 15 is 0 Å². The SMILES string of the molecule is CCOc1ccc(NC(=O)C(C)N(CC)CC(=O)NCc2ccc(F)cc2)cc1. The maximum atomic E-state index is 12.9. The molecule has 0 radical (unpaired) electrons. The molecule has 6 nitrogen and oxygen atoms in total. The monoisotopic (exact) mass is 401 g/mol. The number of ether oxygens (including phenoxy) is 1. The minimum atomic E-state index is -0.483. The number of benzene rings is 2. The Morgan fingerprint density at radius 3 is 2.31 bits per heavy atom. The molecule has 2 rings (SSSR count). The van der Waals surface area contributed by atoms with E-state index in [2.05, 4.69) is 10.6 Å². The van der Waals surface area contributed by atoms with Gasteiger partial charge in [0.2, 0.25) is 11.8 Å². The molecule has 0 saturated heterocycles. The molecule has 0 aliphatic heterocycles. The third-order valence-electron chi connectivity index (χ3n) is 4.52. The summed E-state index contributed by atoms with van der Waals surface area (Å²) < 4.78 is 18.3. The van der Waals surface area contributed by atoms with E-state index in [1.807, 2.05) is 13.8 Å². The van der Waals surface area contributed by atoms with Gasteiger partial charge in [-0.1, -0.05) is 19.1 Å². The second-order valence-corrected chi connectivity index (χ2v) is 6.59. The minimum Gasteiger partial charge on any atom is -0.494 e. The molecule has 0 fully saturated rings. The second-order valence-electron chi connectivity index (χ2n) is 6.59. The van der Waals surface area contributed by atoms with E-state index < -0.39 is 6.04 Å². The number of likely N-dealkylation sites (N-methyl/N-ethyl adjacent to an activating group) is 1. The quantitative estimate of drug-likeness (QED) is 0.642. The van der Waals surface area contributed by atoms with Gasteiger partial charge in [-0.05, 0) is 62.4 Å². The van der Waals surface area contributed by atoms with Gasteiger partial charge in [-0.3, -0.25) is 14.5 Å². The summed E-state index contributed by atoms with van der Waals surface area (Å²) in [6.07, 6.45) is 0. The van der Waals surface area contributed by atoms with E-state index in [0.29, 0.717) is 25.4 Å². The Morgan fingerprint density at radius 1 is 1.07 bits per heavy atom. The van der Waals surface area contributed by atoms with Crippen LogP contribution in [-0.2, 0) is 16.1 Å². The predicted octanol–water partition coefficient (Wildman–Crippen LogP) is 3.19. The summed E-state index contributed by atoms with van der Waals surface area (Å²) in [5.74, 6) is 0.0374. The Labute approximate surface area is 171 Å². The Hall–Kier alpha value is -2.93. The van der Waals surface area contributed by atoms with Gasteiger partial charge >= 0.3 is 0 Å². The van der Waals surface area contributed by atoms with Crippen molar-refractivity contribution in [3.63, 3.8) is 0 Å². The Balaban J connectivity index is 1.85. The van der Waals surface area contributed by atoms with Crippen molar-refractivity contribution in [2.75, 3.05) is 25.0 Å². The highest BCUT2D eigenvalue weighted by Crippen LogP contribution is 2.16. The molecular formula is C22H28FN3O3. The normalized spacial score (nSPS) is 11.8. The van der Waals surface area contributed by atoms with Gasteiger partial charge in [-0.2, -0.15) is 0 Å². The third kappa shape index (κ3) is 7.19. The van der Waals surface area contributed by atoms with Crippen molar-refractivity contribution in [2.24, 2.45) is 0 Å². The number of nitrogens with zero attached hydrogens (tertiary/aromatic N) is 1. The number of rotatable bonds is 10. The number of carbonyl (C=O) groups excluding carboxylic acids is 2. The molecule has 2 N–H and O–H groups in total. The molecule has 0 aliphatic carbocycles. The average Bonchev–Trinajstić information content (AvgIpc) is 2.72. The molecule has 2 aromatic carbocycles. The third-order valence-corrected chi connectivity index (χ3v) is 4.52. The fraction of sp³-hybridized carbons (Fsp3) is 0.364. The first kappa shape index (κ1) is 22.4. The standard InChI is InChI=1S/C22H28FN3O3/c1-4-26(15-21(27)24-14-17-6-8-18(23)9-7-17)16(3)22(28)25-19-10-12-20(13-11-19)29-5-2/h6-13,16H,4-5,14-15H2,1-3H3,(H,24,27)(H,25,28). The van der Waals surface area contributed by atoms with E-state index in [1.165, 1.54) is 12.1 Å². The molecule has 0 spiro atoms. The van der Waals surface area contributed by atoms with Gasteiger partial charge < -0.3 is 15.4 Å². The molecule has 2 amide bonds. The first-order chi connectivity index (χ1) is 13.9. The first-order valence-electron chi connectivity index (χ1n) is 9.71. The van der Waals surface area contributed by atoms with Gasteiger partial charge in [0.1, 0.15) is 11.6 Å². The summed E-state index contributed by atoms with van der Waals surface area (Å²) in [5.41, 5.74) is 1.48. The number of halogens is 1. The molecule has 1 unspecified atom stereocenters. The fourth-order valence-corrected chi connectivity index (χ4v) is 2.78. The zero-order chi connectivity index (χ0) is 21.2. The van der Waals surface area contributed by atoms with Crippen LogP contribution in [0.4, 0.5) is 10.1 Å². The summed E-state index contributed by atoms with van der Waals surface area (Å²) in [6.45, 7) is 7.10. The fourth-order valence-electron chi connectivity index (χ4n) is 2.78. The summed E-state index contributed by atoms with van der Waals surface area (Å²) >= 11 is 0. The number of hydrogen-bond acceptors (Lipinski definition) is 4. The Morgan fingerprint density at radius 2 is 1.72 bits per heavy atom. The molecule has 0 heterocycles. The zero-order valence-corrected chi connectivity index (χ0v) is 17.1. The lowest BCUT2D eigenvalue weighted by atomic mass is 10.2. The number of hydrogen-bond donors (Lipinski definition) is 2. The molecule has 7 heteroatoms. The smallest absolute Gasteiger partial charge is 0.241 e. The van der Waals surface area contributed by atoms with Crippen molar-refractivity contribution in [3.8, 4) is 5.75 Å². The topological polar surface area (TPSA) is 70.7 Å². The summed E-state index contributed by atoms with van der Waals surface area (Å²) in [4.78, 5) is 26.6. The van der Waals surface area contributed by atoms with Crippen molar-refractivity contribution < 1.29 is 18.7 Å². The van der Waals surface area contributed by atoms with Crippen LogP contribution in [0.1, 0.15) is 26.3 Å². The van der Waals surface area contributed by atoms with Crippen LogP contribution in [0.3, 0.4) is 0 Å². The second kappa shape index (κ2) is 11.2. The molecule has 29 heavy (non-hydrogen) atoms. The van der Waals surface area contributed by atoms with Crippen molar-refractivity contribution in [2.45, 2.75) is 33.4 Å². The van der Waals surface area contributed by atoms with Gasteiger partial charge in [-0.25, -0.2) is 4.39 Å². The molecular weight excluding hydrogens is 373 g/mol. The number of amides is 2. The van der Waals surface area contributed by atoms with Crippen LogP contribution < -0.4 is 15.4 Å². The van der Waals surface area contributed by atoms with Crippen molar-refractivity contribution in [1.29, 1.82) is 0 Å². The maximum Gasteiger partial charge on any atom is 0.241 e. The summed E-state index contributed by atoms with van der Waals surface area (Å²) in [7, 11) is 0. The Kier molecular flexibility index (Phi) is 8.61. The first-order valence-corrected chi connectivity index (χ1v) is 9.71. The van der Waals surface area contributed by atoms with Crippen LogP contribution in [0, 0.1) is 5.82 Å². The lowest BCUT2D eigenvalue weighted by molar-refractivity contribution is -0.125. The zero-order valence-electron chi connectivity index (χ0n) is 17.1. The molecule has 0 aromatic heterocycles. The highest BCUT2D eigenvalue weighted by atomic mass is 19.1. The number of carbonyl (C=O) groups is 2. The molecule has 0 saturated carbocycles. The average molecular weight is 401 g/mol. The van der Waals surface area contributed by atoms with Crippen molar-refractivity contribution in [3.05, 3.63) is 59.9 Å². The summed E-state index contributed by atoms with van der Waals surface area (Å²) in [6, 6.07) is 12.6. The van der Waals surface area contributed by atoms with Crippen LogP contribution in [0.15, 0.2) is 48.5 Å². The predicted molar refractivity (Wildman–Crippen MR) is 111 cm³/mol. The van der Waals surface area contributed by atoms with Crippen LogP contribution in [0.25, 0.3) is 0 Å². The summed E-state index contributed by atoms with van der Waals surface area (Å²) in [5, 5.41) is 5.66. The van der Waals surface area contributed by atoms with E-state index in [0.717, 1.165) is 11.3 Å².